The van der Waals surface area contributed by atoms with Crippen molar-refractivity contribution < 1.29 is 32.7 Å². The molecular formula is C28H28N2O7. The highest BCUT2D eigenvalue weighted by Crippen LogP contribution is 2.30. The number of rotatable bonds is 12. The van der Waals surface area contributed by atoms with Gasteiger partial charge < -0.3 is 27.9 Å². The maximum absolute atomic E-state index is 12.1. The van der Waals surface area contributed by atoms with Crippen LogP contribution in [0.15, 0.2) is 80.9 Å². The highest BCUT2D eigenvalue weighted by Gasteiger charge is 2.16. The van der Waals surface area contributed by atoms with Crippen LogP contribution in [0.5, 0.6) is 11.5 Å². The first-order valence-corrected chi connectivity index (χ1v) is 11.7. The Labute approximate surface area is 214 Å². The first-order valence-electron chi connectivity index (χ1n) is 11.7. The lowest BCUT2D eigenvalue weighted by molar-refractivity contribution is -0.133. The fourth-order valence-corrected chi connectivity index (χ4v) is 3.53. The number of hydrogen-bond acceptors (Lipinski definition) is 9. The smallest absolute Gasteiger partial charge is 0.355 e. The molecule has 0 aliphatic carbocycles. The Morgan fingerprint density at radius 1 is 0.973 bits per heavy atom. The summed E-state index contributed by atoms with van der Waals surface area (Å²) in [5, 5.41) is 4.04. The van der Waals surface area contributed by atoms with Gasteiger partial charge in [0.2, 0.25) is 0 Å². The molecule has 0 aliphatic heterocycles. The van der Waals surface area contributed by atoms with E-state index in [9.17, 15) is 4.79 Å². The molecule has 0 aliphatic rings. The summed E-state index contributed by atoms with van der Waals surface area (Å²) in [5.74, 6) is 2.13. The van der Waals surface area contributed by atoms with Gasteiger partial charge in [-0.3, -0.25) is 0 Å². The minimum atomic E-state index is -0.518. The predicted molar refractivity (Wildman–Crippen MR) is 135 cm³/mol. The van der Waals surface area contributed by atoms with Gasteiger partial charge in [0, 0.05) is 6.42 Å². The molecule has 2 aromatic carbocycles. The number of carbonyl (C=O) groups is 1. The highest BCUT2D eigenvalue weighted by atomic mass is 16.6. The number of hydrogen-bond donors (Lipinski definition) is 0. The zero-order valence-electron chi connectivity index (χ0n) is 20.9. The van der Waals surface area contributed by atoms with E-state index in [1.54, 1.807) is 37.6 Å². The van der Waals surface area contributed by atoms with Gasteiger partial charge >= 0.3 is 5.97 Å². The normalized spacial score (nSPS) is 11.3. The number of benzene rings is 2. The molecule has 2 heterocycles. The molecule has 0 saturated heterocycles. The number of aromatic nitrogens is 1. The van der Waals surface area contributed by atoms with Crippen molar-refractivity contribution in [1.82, 2.24) is 4.98 Å². The molecule has 0 unspecified atom stereocenters. The van der Waals surface area contributed by atoms with Gasteiger partial charge in [-0.2, -0.15) is 0 Å². The topological polar surface area (TPSA) is 106 Å². The van der Waals surface area contributed by atoms with E-state index in [4.69, 9.17) is 27.9 Å². The monoisotopic (exact) mass is 504 g/mol. The van der Waals surface area contributed by atoms with Crippen molar-refractivity contribution in [2.75, 3.05) is 14.2 Å². The van der Waals surface area contributed by atoms with Crippen LogP contribution in [-0.2, 0) is 34.0 Å². The Kier molecular flexibility index (Phi) is 8.59. The Morgan fingerprint density at radius 2 is 1.81 bits per heavy atom. The fraction of sp³-hybridized carbons (Fsp3) is 0.250. The van der Waals surface area contributed by atoms with Crippen LogP contribution in [-0.4, -0.2) is 30.9 Å². The summed E-state index contributed by atoms with van der Waals surface area (Å²) in [6.45, 7) is 2.15. The highest BCUT2D eigenvalue weighted by molar-refractivity contribution is 6.36. The molecule has 0 spiro atoms. The second-order valence-electron chi connectivity index (χ2n) is 8.06. The molecular weight excluding hydrogens is 476 g/mol. The van der Waals surface area contributed by atoms with Crippen LogP contribution in [0.3, 0.4) is 0 Å². The number of aryl methyl sites for hydroxylation is 2. The number of furan rings is 1. The van der Waals surface area contributed by atoms with Gasteiger partial charge in [-0.05, 0) is 48.7 Å². The molecule has 4 aromatic rings. The van der Waals surface area contributed by atoms with Gasteiger partial charge in [-0.25, -0.2) is 9.78 Å². The van der Waals surface area contributed by atoms with Crippen molar-refractivity contribution in [3.05, 3.63) is 89.5 Å². The molecule has 9 heteroatoms. The second-order valence-corrected chi connectivity index (χ2v) is 8.06. The van der Waals surface area contributed by atoms with Crippen molar-refractivity contribution in [3.8, 4) is 23.1 Å². The first-order chi connectivity index (χ1) is 18.1. The summed E-state index contributed by atoms with van der Waals surface area (Å²) in [6, 6.07) is 18.8. The molecule has 9 nitrogen and oxygen atoms in total. The van der Waals surface area contributed by atoms with E-state index >= 15 is 0 Å². The SMILES string of the molecule is COC(=O)/C(CCc1ccccc1)=N/OCc1ccc(OCc2nc(-c3ccco3)oc2C)c(OC)c1. The van der Waals surface area contributed by atoms with Gasteiger partial charge in [0.1, 0.15) is 24.7 Å². The van der Waals surface area contributed by atoms with Gasteiger partial charge in [0.05, 0.1) is 20.5 Å². The summed E-state index contributed by atoms with van der Waals surface area (Å²) in [5.41, 5.74) is 2.76. The molecule has 0 N–H and O–H groups in total. The van der Waals surface area contributed by atoms with Crippen LogP contribution in [0, 0.1) is 6.92 Å². The lowest BCUT2D eigenvalue weighted by atomic mass is 10.1. The third-order valence-electron chi connectivity index (χ3n) is 5.54. The third-order valence-corrected chi connectivity index (χ3v) is 5.54. The molecule has 0 atom stereocenters. The maximum atomic E-state index is 12.1. The molecule has 0 fully saturated rings. The Hall–Kier alpha value is -4.53. The minimum Gasteiger partial charge on any atom is -0.493 e. The van der Waals surface area contributed by atoms with Crippen LogP contribution in [0.1, 0.15) is 29.0 Å². The number of oxime groups is 1. The zero-order chi connectivity index (χ0) is 26.0. The van der Waals surface area contributed by atoms with E-state index in [0.29, 0.717) is 47.4 Å². The lowest BCUT2D eigenvalue weighted by Crippen LogP contribution is -2.17. The number of esters is 1. The van der Waals surface area contributed by atoms with E-state index in [-0.39, 0.29) is 18.9 Å². The van der Waals surface area contributed by atoms with Crippen LogP contribution in [0.2, 0.25) is 0 Å². The van der Waals surface area contributed by atoms with Crippen LogP contribution in [0.4, 0.5) is 0 Å². The fourth-order valence-electron chi connectivity index (χ4n) is 3.53. The summed E-state index contributed by atoms with van der Waals surface area (Å²) in [6.07, 6.45) is 2.61. The Morgan fingerprint density at radius 3 is 2.54 bits per heavy atom. The quantitative estimate of drug-likeness (QED) is 0.141. The first kappa shape index (κ1) is 25.6. The minimum absolute atomic E-state index is 0.136. The molecule has 37 heavy (non-hydrogen) atoms. The van der Waals surface area contributed by atoms with E-state index in [0.717, 1.165) is 11.1 Å². The van der Waals surface area contributed by atoms with E-state index in [1.165, 1.54) is 7.11 Å². The van der Waals surface area contributed by atoms with Crippen LogP contribution < -0.4 is 9.47 Å². The second kappa shape index (κ2) is 12.4. The molecule has 0 amide bonds. The average Bonchev–Trinajstić information content (AvgIpc) is 3.60. The van der Waals surface area contributed by atoms with Crippen molar-refractivity contribution in [2.24, 2.45) is 5.16 Å². The molecule has 4 rings (SSSR count). The van der Waals surface area contributed by atoms with Crippen LogP contribution >= 0.6 is 0 Å². The predicted octanol–water partition coefficient (Wildman–Crippen LogP) is 5.51. The van der Waals surface area contributed by atoms with Crippen molar-refractivity contribution in [3.63, 3.8) is 0 Å². The average molecular weight is 505 g/mol. The summed E-state index contributed by atoms with van der Waals surface area (Å²) in [7, 11) is 2.88. The van der Waals surface area contributed by atoms with E-state index < -0.39 is 5.97 Å². The molecule has 0 saturated carbocycles. The number of nitrogens with zero attached hydrogens (tertiary/aromatic N) is 2. The molecule has 0 radical (unpaired) electrons. The van der Waals surface area contributed by atoms with Gasteiger partial charge in [0.25, 0.3) is 5.89 Å². The molecule has 0 bridgehead atoms. The third kappa shape index (κ3) is 6.78. The zero-order valence-corrected chi connectivity index (χ0v) is 20.9. The largest absolute Gasteiger partial charge is 0.493 e. The van der Waals surface area contributed by atoms with E-state index in [1.807, 2.05) is 43.3 Å². The van der Waals surface area contributed by atoms with E-state index in [2.05, 4.69) is 10.1 Å². The lowest BCUT2D eigenvalue weighted by Gasteiger charge is -2.11. The number of methoxy groups -OCH3 is 2. The van der Waals surface area contributed by atoms with Crippen molar-refractivity contribution in [2.45, 2.75) is 33.0 Å². The Bertz CT molecular complexity index is 1330. The van der Waals surface area contributed by atoms with Gasteiger partial charge in [-0.1, -0.05) is 41.6 Å². The molecule has 2 aromatic heterocycles. The Balaban J connectivity index is 1.36. The number of carbonyl (C=O) groups excluding carboxylic acids is 1. The maximum Gasteiger partial charge on any atom is 0.355 e. The number of oxazole rings is 1. The van der Waals surface area contributed by atoms with Crippen molar-refractivity contribution >= 4 is 11.7 Å². The molecule has 192 valence electrons. The summed E-state index contributed by atoms with van der Waals surface area (Å²) >= 11 is 0. The summed E-state index contributed by atoms with van der Waals surface area (Å²) in [4.78, 5) is 22.0. The van der Waals surface area contributed by atoms with Gasteiger partial charge in [-0.15, -0.1) is 0 Å². The van der Waals surface area contributed by atoms with Crippen molar-refractivity contribution in [1.29, 1.82) is 0 Å². The van der Waals surface area contributed by atoms with Crippen LogP contribution in [0.25, 0.3) is 11.7 Å². The van der Waals surface area contributed by atoms with Gasteiger partial charge in [0.15, 0.2) is 23.0 Å². The summed E-state index contributed by atoms with van der Waals surface area (Å²) < 4.78 is 27.3. The number of ether oxygens (including phenoxy) is 3. The standard InChI is InChI=1S/C28H28N2O7/c1-19-23(29-27(37-19)25-10-7-15-34-25)18-35-24-14-12-21(16-26(24)32-2)17-36-30-22(28(31)33-3)13-11-20-8-5-4-6-9-20/h4-10,12,14-16H,11,13,17-18H2,1-3H3/b30-22+.